The van der Waals surface area contributed by atoms with Gasteiger partial charge >= 0.3 is 0 Å². The molecule has 2 aromatic rings. The molecule has 0 saturated carbocycles. The molecule has 1 amide bonds. The lowest BCUT2D eigenvalue weighted by molar-refractivity contribution is 0.0953. The molecule has 28 heavy (non-hydrogen) atoms. The molecular weight excluding hydrogens is 342 g/mol. The normalized spacial score (nSPS) is 10.8. The molecule has 0 radical (unpaired) electrons. The third kappa shape index (κ3) is 8.73. The quantitative estimate of drug-likeness (QED) is 0.340. The summed E-state index contributed by atoms with van der Waals surface area (Å²) < 4.78 is 0. The standard InChI is InChI=1S/C26H37NO/c1-2-3-4-5-6-7-8-9-10-11-15-22-27-26(28)25-20-18-24(19-21-25)23-16-13-12-14-17-23/h12-14,16-21H,2-11,15,22H2,1H3,(H,27,28). The van der Waals surface area contributed by atoms with Crippen LogP contribution in [-0.4, -0.2) is 12.5 Å². The third-order valence-corrected chi connectivity index (χ3v) is 5.32. The number of hydrogen-bond donors (Lipinski definition) is 1. The van der Waals surface area contributed by atoms with Gasteiger partial charge in [0.05, 0.1) is 0 Å². The van der Waals surface area contributed by atoms with Crippen molar-refractivity contribution < 1.29 is 4.79 Å². The SMILES string of the molecule is CCCCCCCCCCCCCNC(=O)c1ccc(-c2ccccc2)cc1. The van der Waals surface area contributed by atoms with E-state index in [9.17, 15) is 4.79 Å². The molecule has 0 atom stereocenters. The lowest BCUT2D eigenvalue weighted by Gasteiger charge is -2.07. The Balaban J connectivity index is 1.52. The summed E-state index contributed by atoms with van der Waals surface area (Å²) in [6, 6.07) is 18.1. The van der Waals surface area contributed by atoms with Gasteiger partial charge in [0, 0.05) is 12.1 Å². The fourth-order valence-electron chi connectivity index (χ4n) is 3.54. The summed E-state index contributed by atoms with van der Waals surface area (Å²) in [5, 5.41) is 3.05. The van der Waals surface area contributed by atoms with E-state index in [0.29, 0.717) is 0 Å². The highest BCUT2D eigenvalue weighted by atomic mass is 16.1. The van der Waals surface area contributed by atoms with E-state index < -0.39 is 0 Å². The number of carbonyl (C=O) groups excluding carboxylic acids is 1. The molecule has 0 aliphatic carbocycles. The number of benzene rings is 2. The first-order chi connectivity index (χ1) is 13.8. The number of unbranched alkanes of at least 4 members (excludes halogenated alkanes) is 10. The molecule has 2 heteroatoms. The Labute approximate surface area is 171 Å². The maximum atomic E-state index is 12.3. The Morgan fingerprint density at radius 1 is 0.643 bits per heavy atom. The lowest BCUT2D eigenvalue weighted by Crippen LogP contribution is -2.24. The molecule has 0 fully saturated rings. The van der Waals surface area contributed by atoms with Gasteiger partial charge in [-0.2, -0.15) is 0 Å². The van der Waals surface area contributed by atoms with Crippen molar-refractivity contribution in [1.82, 2.24) is 5.32 Å². The molecule has 0 bridgehead atoms. The van der Waals surface area contributed by atoms with Crippen molar-refractivity contribution in [3.05, 3.63) is 60.2 Å². The summed E-state index contributed by atoms with van der Waals surface area (Å²) in [7, 11) is 0. The van der Waals surface area contributed by atoms with Crippen molar-refractivity contribution in [2.24, 2.45) is 0 Å². The van der Waals surface area contributed by atoms with Crippen LogP contribution in [0.4, 0.5) is 0 Å². The van der Waals surface area contributed by atoms with E-state index in [1.165, 1.54) is 69.8 Å². The fraction of sp³-hybridized carbons (Fsp3) is 0.500. The second-order valence-corrected chi connectivity index (χ2v) is 7.73. The van der Waals surface area contributed by atoms with Gasteiger partial charge in [-0.1, -0.05) is 114 Å². The van der Waals surface area contributed by atoms with Gasteiger partial charge in [-0.15, -0.1) is 0 Å². The monoisotopic (exact) mass is 379 g/mol. The molecule has 0 aliphatic rings. The molecule has 0 aliphatic heterocycles. The number of nitrogens with one attached hydrogen (secondary N) is 1. The minimum Gasteiger partial charge on any atom is -0.352 e. The summed E-state index contributed by atoms with van der Waals surface area (Å²) in [5.74, 6) is 0.0340. The van der Waals surface area contributed by atoms with Crippen LogP contribution in [0.25, 0.3) is 11.1 Å². The van der Waals surface area contributed by atoms with Gasteiger partial charge in [0.15, 0.2) is 0 Å². The van der Waals surface area contributed by atoms with Crippen LogP contribution in [0.5, 0.6) is 0 Å². The Bertz CT molecular complexity index is 648. The van der Waals surface area contributed by atoms with Gasteiger partial charge in [-0.25, -0.2) is 0 Å². The van der Waals surface area contributed by atoms with Crippen LogP contribution < -0.4 is 5.32 Å². The van der Waals surface area contributed by atoms with Gasteiger partial charge in [-0.3, -0.25) is 4.79 Å². The third-order valence-electron chi connectivity index (χ3n) is 5.32. The predicted octanol–water partition coefficient (Wildman–Crippen LogP) is 7.39. The zero-order valence-corrected chi connectivity index (χ0v) is 17.6. The highest BCUT2D eigenvalue weighted by molar-refractivity contribution is 5.94. The van der Waals surface area contributed by atoms with Crippen molar-refractivity contribution >= 4 is 5.91 Å². The number of hydrogen-bond acceptors (Lipinski definition) is 1. The average Bonchev–Trinajstić information content (AvgIpc) is 2.75. The van der Waals surface area contributed by atoms with Crippen LogP contribution in [0.15, 0.2) is 54.6 Å². The largest absolute Gasteiger partial charge is 0.352 e. The van der Waals surface area contributed by atoms with Crippen LogP contribution in [0.3, 0.4) is 0 Å². The summed E-state index contributed by atoms with van der Waals surface area (Å²) in [6.45, 7) is 3.04. The predicted molar refractivity (Wildman–Crippen MR) is 121 cm³/mol. The summed E-state index contributed by atoms with van der Waals surface area (Å²) in [4.78, 5) is 12.3. The molecule has 0 heterocycles. The molecule has 2 aromatic carbocycles. The van der Waals surface area contributed by atoms with E-state index in [0.717, 1.165) is 24.1 Å². The van der Waals surface area contributed by atoms with Gasteiger partial charge in [0.25, 0.3) is 5.91 Å². The maximum Gasteiger partial charge on any atom is 0.251 e. The van der Waals surface area contributed by atoms with Crippen LogP contribution in [0, 0.1) is 0 Å². The highest BCUT2D eigenvalue weighted by Crippen LogP contribution is 2.19. The van der Waals surface area contributed by atoms with Crippen molar-refractivity contribution in [1.29, 1.82) is 0 Å². The van der Waals surface area contributed by atoms with Crippen LogP contribution >= 0.6 is 0 Å². The number of carbonyl (C=O) groups is 1. The van der Waals surface area contributed by atoms with E-state index >= 15 is 0 Å². The molecule has 0 saturated heterocycles. The molecule has 2 rings (SSSR count). The minimum atomic E-state index is 0.0340. The molecule has 152 valence electrons. The van der Waals surface area contributed by atoms with Gasteiger partial charge < -0.3 is 5.32 Å². The number of rotatable bonds is 14. The Morgan fingerprint density at radius 3 is 1.71 bits per heavy atom. The number of amides is 1. The summed E-state index contributed by atoms with van der Waals surface area (Å²) in [6.07, 6.45) is 14.6. The van der Waals surface area contributed by atoms with Crippen LogP contribution in [0.1, 0.15) is 87.9 Å². The van der Waals surface area contributed by atoms with Crippen molar-refractivity contribution in [2.75, 3.05) is 6.54 Å². The first kappa shape index (κ1) is 22.2. The smallest absolute Gasteiger partial charge is 0.251 e. The Morgan fingerprint density at radius 2 is 1.14 bits per heavy atom. The second kappa shape index (κ2) is 14.0. The first-order valence-electron chi connectivity index (χ1n) is 11.2. The average molecular weight is 380 g/mol. The van der Waals surface area contributed by atoms with Crippen molar-refractivity contribution in [3.63, 3.8) is 0 Å². The second-order valence-electron chi connectivity index (χ2n) is 7.73. The topological polar surface area (TPSA) is 29.1 Å². The Hall–Kier alpha value is -2.09. The maximum absolute atomic E-state index is 12.3. The minimum absolute atomic E-state index is 0.0340. The fourth-order valence-corrected chi connectivity index (χ4v) is 3.54. The van der Waals surface area contributed by atoms with E-state index in [4.69, 9.17) is 0 Å². The zero-order valence-electron chi connectivity index (χ0n) is 17.6. The molecule has 2 nitrogen and oxygen atoms in total. The van der Waals surface area contributed by atoms with Crippen molar-refractivity contribution in [3.8, 4) is 11.1 Å². The first-order valence-corrected chi connectivity index (χ1v) is 11.2. The summed E-state index contributed by atoms with van der Waals surface area (Å²) >= 11 is 0. The summed E-state index contributed by atoms with van der Waals surface area (Å²) in [5.41, 5.74) is 3.06. The molecule has 0 spiro atoms. The van der Waals surface area contributed by atoms with Gasteiger partial charge in [0.1, 0.15) is 0 Å². The van der Waals surface area contributed by atoms with E-state index in [1.807, 2.05) is 42.5 Å². The van der Waals surface area contributed by atoms with E-state index in [1.54, 1.807) is 0 Å². The van der Waals surface area contributed by atoms with Gasteiger partial charge in [0.2, 0.25) is 0 Å². The van der Waals surface area contributed by atoms with E-state index in [-0.39, 0.29) is 5.91 Å². The van der Waals surface area contributed by atoms with Crippen LogP contribution in [0.2, 0.25) is 0 Å². The van der Waals surface area contributed by atoms with E-state index in [2.05, 4.69) is 24.4 Å². The molecule has 0 aromatic heterocycles. The molecule has 1 N–H and O–H groups in total. The highest BCUT2D eigenvalue weighted by Gasteiger charge is 2.05. The molecular formula is C26H37NO. The van der Waals surface area contributed by atoms with Crippen molar-refractivity contribution in [2.45, 2.75) is 77.6 Å². The Kier molecular flexibility index (Phi) is 11.1. The lowest BCUT2D eigenvalue weighted by atomic mass is 10.0. The van der Waals surface area contributed by atoms with Gasteiger partial charge in [-0.05, 0) is 29.7 Å². The van der Waals surface area contributed by atoms with Crippen LogP contribution in [-0.2, 0) is 0 Å². The zero-order chi connectivity index (χ0) is 19.9. The molecule has 0 unspecified atom stereocenters.